The Labute approximate surface area is 189 Å². The van der Waals surface area contributed by atoms with Crippen molar-refractivity contribution in [2.24, 2.45) is 0 Å². The Bertz CT molecular complexity index is 1380. The van der Waals surface area contributed by atoms with Gasteiger partial charge in [0, 0.05) is 10.9 Å². The van der Waals surface area contributed by atoms with Crippen LogP contribution in [0.15, 0.2) is 54.6 Å². The van der Waals surface area contributed by atoms with Crippen LogP contribution in [0.25, 0.3) is 33.0 Å². The van der Waals surface area contributed by atoms with E-state index >= 15 is 0 Å². The molecule has 0 N–H and O–H groups in total. The van der Waals surface area contributed by atoms with Crippen molar-refractivity contribution in [3.8, 4) is 22.3 Å². The van der Waals surface area contributed by atoms with Crippen LogP contribution >= 0.6 is 0 Å². The maximum absolute atomic E-state index is 14.9. The van der Waals surface area contributed by atoms with Crippen LogP contribution in [0.4, 0.5) is 35.1 Å². The lowest BCUT2D eigenvalue weighted by Gasteiger charge is -2.13. The van der Waals surface area contributed by atoms with E-state index in [-0.39, 0.29) is 22.1 Å². The Morgan fingerprint density at radius 3 is 1.91 bits per heavy atom. The average molecular weight is 480 g/mol. The Kier molecular flexibility index (Phi) is 6.10. The third-order valence-electron chi connectivity index (χ3n) is 5.52. The molecule has 0 atom stereocenters. The highest BCUT2D eigenvalue weighted by Crippen LogP contribution is 2.38. The first-order chi connectivity index (χ1) is 16.0. The predicted octanol–water partition coefficient (Wildman–Crippen LogP) is 8.84. The molecule has 176 valence electrons. The van der Waals surface area contributed by atoms with E-state index < -0.39 is 51.8 Å². The van der Waals surface area contributed by atoms with Gasteiger partial charge in [0.05, 0.1) is 5.56 Å². The molecule has 8 heteroatoms. The second-order valence-electron chi connectivity index (χ2n) is 7.86. The summed E-state index contributed by atoms with van der Waals surface area (Å²) in [7, 11) is 0. The molecule has 4 aromatic carbocycles. The van der Waals surface area contributed by atoms with Crippen LogP contribution in [0.2, 0.25) is 0 Å². The average Bonchev–Trinajstić information content (AvgIpc) is 2.72. The van der Waals surface area contributed by atoms with Crippen molar-refractivity contribution < 1.29 is 35.1 Å². The zero-order valence-electron chi connectivity index (χ0n) is 17.6. The van der Waals surface area contributed by atoms with Gasteiger partial charge in [0.15, 0.2) is 0 Å². The number of benzene rings is 4. The summed E-state index contributed by atoms with van der Waals surface area (Å²) >= 11 is 0. The van der Waals surface area contributed by atoms with Crippen molar-refractivity contribution in [2.45, 2.75) is 25.9 Å². The van der Waals surface area contributed by atoms with Crippen LogP contribution in [0.5, 0.6) is 0 Å². The summed E-state index contributed by atoms with van der Waals surface area (Å²) in [5, 5.41) is -0.682. The molecule has 0 saturated heterocycles. The molecule has 0 aromatic heterocycles. The molecule has 0 aliphatic carbocycles. The van der Waals surface area contributed by atoms with Gasteiger partial charge in [0.1, 0.15) is 34.6 Å². The zero-order chi connectivity index (χ0) is 24.8. The van der Waals surface area contributed by atoms with Gasteiger partial charge >= 0.3 is 6.18 Å². The van der Waals surface area contributed by atoms with Crippen LogP contribution < -0.4 is 0 Å². The largest absolute Gasteiger partial charge is 0.422 e. The van der Waals surface area contributed by atoms with Gasteiger partial charge in [0.2, 0.25) is 0 Å². The molecule has 0 fully saturated rings. The van der Waals surface area contributed by atoms with E-state index in [0.29, 0.717) is 24.5 Å². The van der Waals surface area contributed by atoms with Gasteiger partial charge in [-0.25, -0.2) is 22.0 Å². The molecule has 0 aliphatic rings. The molecule has 0 aliphatic heterocycles. The van der Waals surface area contributed by atoms with Gasteiger partial charge in [-0.05, 0) is 58.8 Å². The van der Waals surface area contributed by atoms with Crippen molar-refractivity contribution in [1.82, 2.24) is 0 Å². The van der Waals surface area contributed by atoms with Crippen LogP contribution in [0.1, 0.15) is 24.5 Å². The SMILES string of the molecule is CCCc1cc(F)c(-c2ccc(-c3ccc4c(F)c(C(F)(F)F)c(F)cc4c3)c(F)c2)c(F)c1. The highest BCUT2D eigenvalue weighted by Gasteiger charge is 2.38. The molecular formula is C26H16F8. The third kappa shape index (κ3) is 4.24. The van der Waals surface area contributed by atoms with Gasteiger partial charge < -0.3 is 0 Å². The summed E-state index contributed by atoms with van der Waals surface area (Å²) in [4.78, 5) is 0. The van der Waals surface area contributed by atoms with Crippen molar-refractivity contribution in [3.05, 3.63) is 94.8 Å². The molecule has 4 rings (SSSR count). The fourth-order valence-electron chi connectivity index (χ4n) is 4.00. The number of aryl methyl sites for hydroxylation is 1. The maximum atomic E-state index is 14.9. The van der Waals surface area contributed by atoms with Crippen LogP contribution in [0.3, 0.4) is 0 Å². The van der Waals surface area contributed by atoms with E-state index in [9.17, 15) is 35.1 Å². The summed E-state index contributed by atoms with van der Waals surface area (Å²) in [6.07, 6.45) is -4.05. The summed E-state index contributed by atoms with van der Waals surface area (Å²) in [6, 6.07) is 9.67. The quantitative estimate of drug-likeness (QED) is 0.256. The molecule has 34 heavy (non-hydrogen) atoms. The predicted molar refractivity (Wildman–Crippen MR) is 114 cm³/mol. The topological polar surface area (TPSA) is 0 Å². The second kappa shape index (κ2) is 8.74. The normalized spacial score (nSPS) is 11.9. The number of hydrogen-bond acceptors (Lipinski definition) is 0. The van der Waals surface area contributed by atoms with E-state index in [1.807, 2.05) is 6.92 Å². The molecule has 0 nitrogen and oxygen atoms in total. The first-order valence-electron chi connectivity index (χ1n) is 10.3. The molecule has 0 saturated carbocycles. The lowest BCUT2D eigenvalue weighted by molar-refractivity contribution is -0.142. The highest BCUT2D eigenvalue weighted by molar-refractivity contribution is 5.89. The van der Waals surface area contributed by atoms with Gasteiger partial charge in [-0.1, -0.05) is 37.6 Å². The van der Waals surface area contributed by atoms with E-state index in [1.165, 1.54) is 30.3 Å². The van der Waals surface area contributed by atoms with E-state index in [2.05, 4.69) is 0 Å². The number of fused-ring (bicyclic) bond motifs is 1. The standard InChI is InChI=1S/C26H16F8/c1-2-3-13-8-20(28)23(21(29)9-13)15-5-6-17(19(27)11-15)14-4-7-18-16(10-14)12-22(30)24(25(18)31)26(32,33)34/h4-12H,2-3H2,1H3. The lowest BCUT2D eigenvalue weighted by atomic mass is 9.95. The molecule has 0 heterocycles. The van der Waals surface area contributed by atoms with E-state index in [0.717, 1.165) is 18.2 Å². The molecule has 0 unspecified atom stereocenters. The van der Waals surface area contributed by atoms with Gasteiger partial charge in [0.25, 0.3) is 0 Å². The smallest absolute Gasteiger partial charge is 0.206 e. The van der Waals surface area contributed by atoms with Crippen LogP contribution in [-0.2, 0) is 12.6 Å². The van der Waals surface area contributed by atoms with Crippen molar-refractivity contribution in [1.29, 1.82) is 0 Å². The minimum atomic E-state index is -5.22. The summed E-state index contributed by atoms with van der Waals surface area (Å²) in [5.41, 5.74) is -1.91. The molecule has 0 bridgehead atoms. The fourth-order valence-corrected chi connectivity index (χ4v) is 4.00. The lowest BCUT2D eigenvalue weighted by Crippen LogP contribution is -2.11. The minimum absolute atomic E-state index is 0.0491. The summed E-state index contributed by atoms with van der Waals surface area (Å²) in [6.45, 7) is 1.86. The van der Waals surface area contributed by atoms with Crippen molar-refractivity contribution >= 4 is 10.8 Å². The molecule has 0 radical (unpaired) electrons. The summed E-state index contributed by atoms with van der Waals surface area (Å²) in [5.74, 6) is -6.10. The Balaban J connectivity index is 1.77. The first kappa shape index (κ1) is 23.7. The van der Waals surface area contributed by atoms with Gasteiger partial charge in [-0.15, -0.1) is 0 Å². The van der Waals surface area contributed by atoms with Crippen LogP contribution in [0, 0.1) is 29.1 Å². The number of hydrogen-bond donors (Lipinski definition) is 0. The highest BCUT2D eigenvalue weighted by atomic mass is 19.4. The van der Waals surface area contributed by atoms with E-state index in [4.69, 9.17) is 0 Å². The van der Waals surface area contributed by atoms with Gasteiger partial charge in [-0.2, -0.15) is 13.2 Å². The molecule has 4 aromatic rings. The minimum Gasteiger partial charge on any atom is -0.206 e. The second-order valence-corrected chi connectivity index (χ2v) is 7.86. The monoisotopic (exact) mass is 480 g/mol. The van der Waals surface area contributed by atoms with Gasteiger partial charge in [-0.3, -0.25) is 0 Å². The first-order valence-corrected chi connectivity index (χ1v) is 10.3. The molecule has 0 amide bonds. The zero-order valence-corrected chi connectivity index (χ0v) is 17.6. The summed E-state index contributed by atoms with van der Waals surface area (Å²) < 4.78 is 111. The fraction of sp³-hybridized carbons (Fsp3) is 0.154. The van der Waals surface area contributed by atoms with E-state index in [1.54, 1.807) is 0 Å². The maximum Gasteiger partial charge on any atom is 0.422 e. The molecule has 0 spiro atoms. The third-order valence-corrected chi connectivity index (χ3v) is 5.52. The Morgan fingerprint density at radius 1 is 0.676 bits per heavy atom. The van der Waals surface area contributed by atoms with Crippen LogP contribution in [-0.4, -0.2) is 0 Å². The Hall–Kier alpha value is -3.42. The number of rotatable bonds is 4. The van der Waals surface area contributed by atoms with Crippen molar-refractivity contribution in [3.63, 3.8) is 0 Å². The van der Waals surface area contributed by atoms with Crippen molar-refractivity contribution in [2.75, 3.05) is 0 Å². The molecular weight excluding hydrogens is 464 g/mol. The Morgan fingerprint density at radius 2 is 1.32 bits per heavy atom. The number of alkyl halides is 3. The number of halogens is 8.